The summed E-state index contributed by atoms with van der Waals surface area (Å²) >= 11 is 5.78. The van der Waals surface area contributed by atoms with E-state index in [4.69, 9.17) is 11.6 Å². The standard InChI is InChI=1S/C18H16ClF3N2O3S/c19-12-3-5-13(6-4-12)28(26,27)24-9-1-2-11(10-24)18(25)23-15-8-7-14(20)16(21)17(15)22/h3-8,11H,1-2,9-10H2,(H,23,25). The predicted octanol–water partition coefficient (Wildman–Crippen LogP) is 3.80. The van der Waals surface area contributed by atoms with Crippen LogP contribution in [0.4, 0.5) is 18.9 Å². The van der Waals surface area contributed by atoms with Crippen LogP contribution in [0.1, 0.15) is 12.8 Å². The molecule has 1 atom stereocenters. The Labute approximate surface area is 165 Å². The summed E-state index contributed by atoms with van der Waals surface area (Å²) in [5, 5.41) is 2.60. The van der Waals surface area contributed by atoms with Gasteiger partial charge in [-0.15, -0.1) is 0 Å². The summed E-state index contributed by atoms with van der Waals surface area (Å²) < 4.78 is 66.8. The minimum Gasteiger partial charge on any atom is -0.323 e. The number of hydrogen-bond donors (Lipinski definition) is 1. The van der Waals surface area contributed by atoms with Crippen LogP contribution >= 0.6 is 11.6 Å². The van der Waals surface area contributed by atoms with Crippen LogP contribution in [0.2, 0.25) is 5.02 Å². The van der Waals surface area contributed by atoms with Gasteiger partial charge in [-0.05, 0) is 49.2 Å². The number of piperidine rings is 1. The van der Waals surface area contributed by atoms with Crippen molar-refractivity contribution in [3.63, 3.8) is 0 Å². The Morgan fingerprint density at radius 2 is 1.75 bits per heavy atom. The molecule has 1 fully saturated rings. The van der Waals surface area contributed by atoms with Crippen LogP contribution in [0.15, 0.2) is 41.3 Å². The maximum absolute atomic E-state index is 13.8. The lowest BCUT2D eigenvalue weighted by Gasteiger charge is -2.31. The molecule has 1 aliphatic heterocycles. The van der Waals surface area contributed by atoms with Gasteiger partial charge in [0.1, 0.15) is 0 Å². The molecule has 1 unspecified atom stereocenters. The lowest BCUT2D eigenvalue weighted by atomic mass is 9.98. The lowest BCUT2D eigenvalue weighted by Crippen LogP contribution is -2.43. The van der Waals surface area contributed by atoms with Crippen molar-refractivity contribution in [2.45, 2.75) is 17.7 Å². The second-order valence-electron chi connectivity index (χ2n) is 6.37. The third kappa shape index (κ3) is 4.16. The lowest BCUT2D eigenvalue weighted by molar-refractivity contribution is -0.120. The highest BCUT2D eigenvalue weighted by Gasteiger charge is 2.33. The number of sulfonamides is 1. The van der Waals surface area contributed by atoms with E-state index in [2.05, 4.69) is 5.32 Å². The topological polar surface area (TPSA) is 66.5 Å². The van der Waals surface area contributed by atoms with Crippen molar-refractivity contribution >= 4 is 33.2 Å². The molecule has 0 aromatic heterocycles. The number of rotatable bonds is 4. The van der Waals surface area contributed by atoms with E-state index in [9.17, 15) is 26.4 Å². The molecular formula is C18H16ClF3N2O3S. The number of nitrogens with zero attached hydrogens (tertiary/aromatic N) is 1. The zero-order valence-electron chi connectivity index (χ0n) is 14.5. The minimum atomic E-state index is -3.83. The summed E-state index contributed by atoms with van der Waals surface area (Å²) in [7, 11) is -3.83. The summed E-state index contributed by atoms with van der Waals surface area (Å²) in [5.41, 5.74) is -0.499. The normalized spacial score (nSPS) is 18.1. The number of carbonyl (C=O) groups excluding carboxylic acids is 1. The van der Waals surface area contributed by atoms with Gasteiger partial charge in [0.25, 0.3) is 0 Å². The average Bonchev–Trinajstić information content (AvgIpc) is 2.69. The molecular weight excluding hydrogens is 417 g/mol. The SMILES string of the molecule is O=C(Nc1ccc(F)c(F)c1F)C1CCCN(S(=O)(=O)c2ccc(Cl)cc2)C1. The van der Waals surface area contributed by atoms with Crippen molar-refractivity contribution in [2.24, 2.45) is 5.92 Å². The number of halogens is 4. The molecule has 0 aliphatic carbocycles. The van der Waals surface area contributed by atoms with Crippen molar-refractivity contribution in [1.29, 1.82) is 0 Å². The molecule has 3 rings (SSSR count). The Kier molecular flexibility index (Phi) is 5.97. The first-order valence-corrected chi connectivity index (χ1v) is 10.2. The first-order valence-electron chi connectivity index (χ1n) is 8.40. The van der Waals surface area contributed by atoms with Crippen LogP contribution in [0.5, 0.6) is 0 Å². The fraction of sp³-hybridized carbons (Fsp3) is 0.278. The molecule has 1 N–H and O–H groups in total. The van der Waals surface area contributed by atoms with Gasteiger partial charge < -0.3 is 5.32 Å². The number of benzene rings is 2. The van der Waals surface area contributed by atoms with Gasteiger partial charge in [-0.25, -0.2) is 21.6 Å². The van der Waals surface area contributed by atoms with Crippen molar-refractivity contribution in [1.82, 2.24) is 4.31 Å². The van der Waals surface area contributed by atoms with Crippen molar-refractivity contribution in [3.8, 4) is 0 Å². The van der Waals surface area contributed by atoms with E-state index < -0.39 is 45.0 Å². The van der Waals surface area contributed by atoms with E-state index in [0.717, 1.165) is 6.07 Å². The molecule has 0 saturated carbocycles. The summed E-state index contributed by atoms with van der Waals surface area (Å²) in [4.78, 5) is 12.5. The van der Waals surface area contributed by atoms with Crippen molar-refractivity contribution < 1.29 is 26.4 Å². The molecule has 10 heteroatoms. The molecule has 0 spiro atoms. The second kappa shape index (κ2) is 8.10. The summed E-state index contributed by atoms with van der Waals surface area (Å²) in [6.07, 6.45) is 0.801. The van der Waals surface area contributed by atoms with Crippen molar-refractivity contribution in [3.05, 3.63) is 58.9 Å². The maximum atomic E-state index is 13.8. The molecule has 5 nitrogen and oxygen atoms in total. The predicted molar refractivity (Wildman–Crippen MR) is 97.9 cm³/mol. The van der Waals surface area contributed by atoms with E-state index in [1.54, 1.807) is 0 Å². The molecule has 0 radical (unpaired) electrons. The zero-order chi connectivity index (χ0) is 20.5. The van der Waals surface area contributed by atoms with Gasteiger partial charge in [0.2, 0.25) is 15.9 Å². The number of amides is 1. The molecule has 0 bridgehead atoms. The van der Waals surface area contributed by atoms with E-state index in [1.807, 2.05) is 0 Å². The molecule has 2 aromatic rings. The number of hydrogen-bond acceptors (Lipinski definition) is 3. The quantitative estimate of drug-likeness (QED) is 0.747. The Morgan fingerprint density at radius 1 is 1.07 bits per heavy atom. The van der Waals surface area contributed by atoms with Gasteiger partial charge in [-0.3, -0.25) is 4.79 Å². The molecule has 1 amide bonds. The van der Waals surface area contributed by atoms with Crippen LogP contribution in [0.25, 0.3) is 0 Å². The minimum absolute atomic E-state index is 0.0459. The van der Waals surface area contributed by atoms with Crippen LogP contribution < -0.4 is 5.32 Å². The first kappa shape index (κ1) is 20.6. The van der Waals surface area contributed by atoms with Crippen molar-refractivity contribution in [2.75, 3.05) is 18.4 Å². The molecule has 28 heavy (non-hydrogen) atoms. The van der Waals surface area contributed by atoms with Gasteiger partial charge in [-0.2, -0.15) is 4.31 Å². The van der Waals surface area contributed by atoms with E-state index >= 15 is 0 Å². The van der Waals surface area contributed by atoms with Crippen LogP contribution in [-0.4, -0.2) is 31.7 Å². The first-order chi connectivity index (χ1) is 13.2. The van der Waals surface area contributed by atoms with Gasteiger partial charge in [0, 0.05) is 18.1 Å². The smallest absolute Gasteiger partial charge is 0.243 e. The Bertz CT molecular complexity index is 1000. The Morgan fingerprint density at radius 3 is 2.43 bits per heavy atom. The zero-order valence-corrected chi connectivity index (χ0v) is 16.0. The average molecular weight is 433 g/mol. The van der Waals surface area contributed by atoms with E-state index in [-0.39, 0.29) is 18.0 Å². The fourth-order valence-electron chi connectivity index (χ4n) is 2.99. The van der Waals surface area contributed by atoms with Gasteiger partial charge in [0.15, 0.2) is 17.5 Å². The van der Waals surface area contributed by atoms with Crippen LogP contribution in [0, 0.1) is 23.4 Å². The highest BCUT2D eigenvalue weighted by atomic mass is 35.5. The number of carbonyl (C=O) groups is 1. The van der Waals surface area contributed by atoms with Gasteiger partial charge in [0.05, 0.1) is 16.5 Å². The summed E-state index contributed by atoms with van der Waals surface area (Å²) in [6.45, 7) is 0.121. The fourth-order valence-corrected chi connectivity index (χ4v) is 4.64. The summed E-state index contributed by atoms with van der Waals surface area (Å²) in [6, 6.07) is 7.27. The van der Waals surface area contributed by atoms with Crippen LogP contribution in [-0.2, 0) is 14.8 Å². The molecule has 1 aliphatic rings. The number of nitrogens with one attached hydrogen (secondary N) is 1. The Hall–Kier alpha value is -2.10. The van der Waals surface area contributed by atoms with Gasteiger partial charge >= 0.3 is 0 Å². The summed E-state index contributed by atoms with van der Waals surface area (Å²) in [5.74, 6) is -5.99. The van der Waals surface area contributed by atoms with E-state index in [0.29, 0.717) is 23.9 Å². The molecule has 1 heterocycles. The third-order valence-electron chi connectivity index (χ3n) is 4.50. The van der Waals surface area contributed by atoms with Gasteiger partial charge in [-0.1, -0.05) is 11.6 Å². The molecule has 2 aromatic carbocycles. The Balaban J connectivity index is 1.75. The monoisotopic (exact) mass is 432 g/mol. The number of anilines is 1. The highest BCUT2D eigenvalue weighted by Crippen LogP contribution is 2.26. The van der Waals surface area contributed by atoms with E-state index in [1.165, 1.54) is 28.6 Å². The molecule has 150 valence electrons. The largest absolute Gasteiger partial charge is 0.323 e. The molecule has 1 saturated heterocycles. The maximum Gasteiger partial charge on any atom is 0.243 e. The second-order valence-corrected chi connectivity index (χ2v) is 8.74. The highest BCUT2D eigenvalue weighted by molar-refractivity contribution is 7.89. The third-order valence-corrected chi connectivity index (χ3v) is 6.63. The van der Waals surface area contributed by atoms with Crippen LogP contribution in [0.3, 0.4) is 0 Å².